The molecule has 0 amide bonds. The molecule has 0 unspecified atom stereocenters. The van der Waals surface area contributed by atoms with Gasteiger partial charge in [0.25, 0.3) is 5.56 Å². The van der Waals surface area contributed by atoms with Gasteiger partial charge in [0, 0.05) is 0 Å². The van der Waals surface area contributed by atoms with Crippen molar-refractivity contribution in [2.24, 2.45) is 0 Å². The molecule has 0 bridgehead atoms. The van der Waals surface area contributed by atoms with Gasteiger partial charge >= 0.3 is 5.69 Å². The van der Waals surface area contributed by atoms with Crippen molar-refractivity contribution in [3.63, 3.8) is 0 Å². The maximum atomic E-state index is 11.1. The van der Waals surface area contributed by atoms with Crippen LogP contribution >= 0.6 is 0 Å². The Bertz CT molecular complexity index is 541. The second kappa shape index (κ2) is 8.33. The van der Waals surface area contributed by atoms with E-state index in [-0.39, 0.29) is 5.56 Å². The Labute approximate surface area is 101 Å². The van der Waals surface area contributed by atoms with Crippen LogP contribution < -0.4 is 11.2 Å². The number of benzene rings is 1. The summed E-state index contributed by atoms with van der Waals surface area (Å²) in [6.07, 6.45) is 1.25. The molecule has 1 aromatic carbocycles. The number of hydrogen-bond acceptors (Lipinski definition) is 2. The van der Waals surface area contributed by atoms with Gasteiger partial charge in [-0.25, -0.2) is 4.79 Å². The molecule has 1 heterocycles. The third-order valence-electron chi connectivity index (χ3n) is 1.65. The molecule has 0 aliphatic rings. The minimum absolute atomic E-state index is 0.352. The smallest absolute Gasteiger partial charge is 0.307 e. The molecule has 4 heteroatoms. The molecule has 2 aromatic rings. The normalized spacial score (nSPS) is 8.71. The van der Waals surface area contributed by atoms with E-state index in [1.165, 1.54) is 6.42 Å². The van der Waals surface area contributed by atoms with Gasteiger partial charge in [0.15, 0.2) is 0 Å². The molecule has 1 aromatic heterocycles. The van der Waals surface area contributed by atoms with Crippen LogP contribution in [-0.2, 0) is 0 Å². The molecule has 0 saturated carbocycles. The van der Waals surface area contributed by atoms with Gasteiger partial charge < -0.3 is 4.98 Å². The van der Waals surface area contributed by atoms with Gasteiger partial charge in [-0.15, -0.1) is 0 Å². The molecule has 0 aliphatic heterocycles. The number of para-hydroxylation sites is 1. The molecule has 2 rings (SSSR count). The van der Waals surface area contributed by atoms with E-state index >= 15 is 0 Å². The van der Waals surface area contributed by atoms with Crippen molar-refractivity contribution in [2.45, 2.75) is 34.1 Å². The molecule has 17 heavy (non-hydrogen) atoms. The molecule has 0 saturated heterocycles. The first-order chi connectivity index (χ1) is 8.19. The summed E-state index contributed by atoms with van der Waals surface area (Å²) in [5.74, 6) is 0. The summed E-state index contributed by atoms with van der Waals surface area (Å²) in [6, 6.07) is 6.85. The average molecular weight is 236 g/mol. The third-order valence-corrected chi connectivity index (χ3v) is 1.65. The number of hydrogen-bond donors (Lipinski definition) is 2. The highest BCUT2D eigenvalue weighted by Gasteiger charge is 1.96. The lowest BCUT2D eigenvalue weighted by molar-refractivity contribution is 1.08. The molecule has 0 atom stereocenters. The van der Waals surface area contributed by atoms with E-state index in [9.17, 15) is 9.59 Å². The first-order valence-electron chi connectivity index (χ1n) is 5.90. The number of nitrogens with one attached hydrogen (secondary N) is 2. The summed E-state index contributed by atoms with van der Waals surface area (Å²) < 4.78 is 0. The van der Waals surface area contributed by atoms with Crippen molar-refractivity contribution >= 4 is 10.9 Å². The minimum Gasteiger partial charge on any atom is -0.307 e. The summed E-state index contributed by atoms with van der Waals surface area (Å²) in [7, 11) is 0. The second-order valence-corrected chi connectivity index (χ2v) is 3.16. The first kappa shape index (κ1) is 15.2. The van der Waals surface area contributed by atoms with Gasteiger partial charge in [0.1, 0.15) is 0 Å². The summed E-state index contributed by atoms with van der Waals surface area (Å²) in [6.45, 7) is 8.25. The van der Waals surface area contributed by atoms with E-state index in [4.69, 9.17) is 0 Å². The van der Waals surface area contributed by atoms with Gasteiger partial charge in [0.2, 0.25) is 0 Å². The standard InChI is InChI=1S/C8H6N2O2.C3H8.C2H6/c11-7-5-3-1-2-4-6(5)9-8(12)10-7;1-3-2;1-2/h1-4H,(H2,9,10,11,12);3H2,1-2H3;1-2H3. The minimum atomic E-state index is -0.473. The number of aromatic nitrogens is 2. The van der Waals surface area contributed by atoms with Crippen molar-refractivity contribution in [3.8, 4) is 0 Å². The summed E-state index contributed by atoms with van der Waals surface area (Å²) in [5, 5.41) is 0.497. The van der Waals surface area contributed by atoms with Crippen LogP contribution in [0.5, 0.6) is 0 Å². The average Bonchev–Trinajstić information content (AvgIpc) is 2.32. The predicted octanol–water partition coefficient (Wildman–Crippen LogP) is 2.66. The van der Waals surface area contributed by atoms with Crippen molar-refractivity contribution in [2.75, 3.05) is 0 Å². The Hall–Kier alpha value is -1.84. The van der Waals surface area contributed by atoms with Gasteiger partial charge in [-0.1, -0.05) is 46.2 Å². The highest BCUT2D eigenvalue weighted by Crippen LogP contribution is 2.01. The zero-order chi connectivity index (χ0) is 13.3. The molecule has 94 valence electrons. The molecule has 2 N–H and O–H groups in total. The van der Waals surface area contributed by atoms with E-state index in [2.05, 4.69) is 23.8 Å². The highest BCUT2D eigenvalue weighted by atomic mass is 16.2. The first-order valence-corrected chi connectivity index (χ1v) is 5.90. The third kappa shape index (κ3) is 4.68. The highest BCUT2D eigenvalue weighted by molar-refractivity contribution is 5.76. The van der Waals surface area contributed by atoms with E-state index in [0.717, 1.165) is 0 Å². The van der Waals surface area contributed by atoms with Crippen LogP contribution in [0.4, 0.5) is 0 Å². The Kier molecular flexibility index (Phi) is 7.43. The topological polar surface area (TPSA) is 65.7 Å². The summed E-state index contributed by atoms with van der Waals surface area (Å²) in [4.78, 5) is 26.6. The van der Waals surface area contributed by atoms with Crippen LogP contribution in [0.1, 0.15) is 34.1 Å². The lowest BCUT2D eigenvalue weighted by Gasteiger charge is -1.92. The molecule has 4 nitrogen and oxygen atoms in total. The lowest BCUT2D eigenvalue weighted by atomic mass is 10.2. The Morgan fingerprint density at radius 1 is 1.00 bits per heavy atom. The van der Waals surface area contributed by atoms with Crippen LogP contribution in [0.3, 0.4) is 0 Å². The number of H-pyrrole nitrogens is 2. The van der Waals surface area contributed by atoms with Crippen LogP contribution in [0.15, 0.2) is 33.9 Å². The van der Waals surface area contributed by atoms with Gasteiger partial charge in [-0.3, -0.25) is 9.78 Å². The van der Waals surface area contributed by atoms with Crippen molar-refractivity contribution in [1.82, 2.24) is 9.97 Å². The SMILES string of the molecule is CC.CCC.O=c1[nH]c(=O)c2ccccc2[nH]1. The monoisotopic (exact) mass is 236 g/mol. The maximum Gasteiger partial charge on any atom is 0.326 e. The zero-order valence-corrected chi connectivity index (χ0v) is 10.8. The van der Waals surface area contributed by atoms with Crippen LogP contribution in [0, 0.1) is 0 Å². The van der Waals surface area contributed by atoms with E-state index < -0.39 is 5.69 Å². The Morgan fingerprint density at radius 2 is 1.53 bits per heavy atom. The molecule has 0 radical (unpaired) electrons. The predicted molar refractivity (Wildman–Crippen MR) is 72.5 cm³/mol. The second-order valence-electron chi connectivity index (χ2n) is 3.16. The molecule has 0 fully saturated rings. The molecular weight excluding hydrogens is 216 g/mol. The zero-order valence-electron chi connectivity index (χ0n) is 10.8. The van der Waals surface area contributed by atoms with Crippen LogP contribution in [0.25, 0.3) is 10.9 Å². The largest absolute Gasteiger partial charge is 0.326 e. The van der Waals surface area contributed by atoms with E-state index in [1.807, 2.05) is 13.8 Å². The number of aromatic amines is 2. The fraction of sp³-hybridized carbons (Fsp3) is 0.385. The molecular formula is C13H20N2O2. The number of rotatable bonds is 0. The molecule has 0 aliphatic carbocycles. The Morgan fingerprint density at radius 3 is 2.12 bits per heavy atom. The fourth-order valence-corrected chi connectivity index (χ4v) is 1.11. The lowest BCUT2D eigenvalue weighted by Crippen LogP contribution is -2.21. The Balaban J connectivity index is 0.000000450. The van der Waals surface area contributed by atoms with Crippen LogP contribution in [0.2, 0.25) is 0 Å². The summed E-state index contributed by atoms with van der Waals surface area (Å²) in [5.41, 5.74) is -0.265. The van der Waals surface area contributed by atoms with Crippen LogP contribution in [-0.4, -0.2) is 9.97 Å². The van der Waals surface area contributed by atoms with E-state index in [0.29, 0.717) is 10.9 Å². The summed E-state index contributed by atoms with van der Waals surface area (Å²) >= 11 is 0. The fourth-order valence-electron chi connectivity index (χ4n) is 1.11. The van der Waals surface area contributed by atoms with Gasteiger partial charge in [-0.05, 0) is 12.1 Å². The molecule has 0 spiro atoms. The number of fused-ring (bicyclic) bond motifs is 1. The maximum absolute atomic E-state index is 11.1. The van der Waals surface area contributed by atoms with Gasteiger partial charge in [0.05, 0.1) is 10.9 Å². The quantitative estimate of drug-likeness (QED) is 0.738. The van der Waals surface area contributed by atoms with Crippen molar-refractivity contribution in [3.05, 3.63) is 45.1 Å². The van der Waals surface area contributed by atoms with Crippen molar-refractivity contribution < 1.29 is 0 Å². The van der Waals surface area contributed by atoms with Crippen molar-refractivity contribution in [1.29, 1.82) is 0 Å². The van der Waals surface area contributed by atoms with Gasteiger partial charge in [-0.2, -0.15) is 0 Å². The van der Waals surface area contributed by atoms with E-state index in [1.54, 1.807) is 24.3 Å².